The molecule has 12 aromatic carbocycles. The van der Waals surface area contributed by atoms with E-state index in [1.54, 1.807) is 12.1 Å². The van der Waals surface area contributed by atoms with E-state index in [4.69, 9.17) is 45.6 Å². The van der Waals surface area contributed by atoms with Gasteiger partial charge in [0.25, 0.3) is 0 Å². The molecule has 0 aliphatic rings. The molecule has 14 aromatic rings. The van der Waals surface area contributed by atoms with E-state index in [9.17, 15) is 0 Å². The summed E-state index contributed by atoms with van der Waals surface area (Å²) in [4.78, 5) is 14.5. The Labute approximate surface area is 741 Å². The van der Waals surface area contributed by atoms with Crippen molar-refractivity contribution in [2.24, 2.45) is 0 Å². The monoisotopic (exact) mass is 1880 g/mol. The molecule has 0 bridgehead atoms. The predicted molar refractivity (Wildman–Crippen MR) is 527 cm³/mol. The number of rotatable bonds is 23. The fourth-order valence-corrected chi connectivity index (χ4v) is 33.8. The van der Waals surface area contributed by atoms with Gasteiger partial charge in [-0.2, -0.15) is 0 Å². The molecule has 2 aromatic heterocycles. The zero-order chi connectivity index (χ0) is 83.9. The fourth-order valence-electron chi connectivity index (χ4n) is 11.6. The van der Waals surface area contributed by atoms with Crippen LogP contribution < -0.4 is 63.7 Å². The Balaban J connectivity index is 0.000000353. The molecule has 0 aliphatic carbocycles. The van der Waals surface area contributed by atoms with Gasteiger partial charge in [-0.1, -0.05) is 431 Å². The zero-order valence-corrected chi connectivity index (χ0v) is 80.3. The third-order valence-corrected chi connectivity index (χ3v) is 40.6. The van der Waals surface area contributed by atoms with E-state index in [0.717, 1.165) is 6.21 Å². The molecular formula is C102H119Cl3N6P4PdSn. The number of nitrogens with one attached hydrogen (secondary N) is 2. The third-order valence-electron chi connectivity index (χ3n) is 17.0. The molecule has 117 heavy (non-hydrogen) atoms. The van der Waals surface area contributed by atoms with Crippen LogP contribution >= 0.6 is 66.5 Å². The molecule has 0 fully saturated rings. The maximum atomic E-state index is 7.81. The quantitative estimate of drug-likeness (QED) is 0.0219. The molecule has 2 N–H and O–H groups in total. The van der Waals surface area contributed by atoms with Crippen molar-refractivity contribution in [1.29, 1.82) is 10.8 Å². The summed E-state index contributed by atoms with van der Waals surface area (Å²) in [7, 11) is -1.78. The van der Waals surface area contributed by atoms with Crippen molar-refractivity contribution in [3.05, 3.63) is 410 Å². The van der Waals surface area contributed by atoms with Gasteiger partial charge in [-0.3, -0.25) is 0 Å². The van der Waals surface area contributed by atoms with Gasteiger partial charge in [0.2, 0.25) is 10.6 Å². The van der Waals surface area contributed by atoms with Crippen LogP contribution in [0.3, 0.4) is 0 Å². The van der Waals surface area contributed by atoms with Crippen molar-refractivity contribution >= 4 is 159 Å². The second kappa shape index (κ2) is 66.0. The van der Waals surface area contributed by atoms with Gasteiger partial charge in [0.15, 0.2) is 0 Å². The Bertz CT molecular complexity index is 3790. The van der Waals surface area contributed by atoms with Crippen molar-refractivity contribution in [3.63, 3.8) is 0 Å². The average Bonchev–Trinajstić information content (AvgIpc) is 0.832. The number of hydrogen-bond donors (Lipinski definition) is 2. The van der Waals surface area contributed by atoms with Crippen molar-refractivity contribution in [3.8, 4) is 0 Å². The molecule has 0 saturated heterocycles. The van der Waals surface area contributed by atoms with Gasteiger partial charge in [-0.05, 0) is 131 Å². The molecule has 0 unspecified atom stereocenters. The topological polar surface area (TPSA) is 99.3 Å². The first-order valence-corrected chi connectivity index (χ1v) is 54.8. The van der Waals surface area contributed by atoms with E-state index in [-0.39, 0.29) is 31.0 Å². The summed E-state index contributed by atoms with van der Waals surface area (Å²) in [5.74, 6) is 0. The Morgan fingerprint density at radius 1 is 0.265 bits per heavy atom. The summed E-state index contributed by atoms with van der Waals surface area (Å²) in [5, 5.41) is 32.1. The Morgan fingerprint density at radius 3 is 0.556 bits per heavy atom. The number of halogens is 3. The summed E-state index contributed by atoms with van der Waals surface area (Å²) < 4.78 is 6.29. The predicted octanol–water partition coefficient (Wildman–Crippen LogP) is 25.8. The molecule has 2 heterocycles. The van der Waals surface area contributed by atoms with Gasteiger partial charge in [-0.15, -0.1) is 0 Å². The Hall–Kier alpha value is -7.81. The summed E-state index contributed by atoms with van der Waals surface area (Å²) in [6.45, 7) is 22.8. The van der Waals surface area contributed by atoms with Crippen molar-refractivity contribution in [2.75, 3.05) is 0 Å². The normalized spacial score (nSPS) is 9.90. The first-order valence-electron chi connectivity index (χ1n) is 40.6. The van der Waals surface area contributed by atoms with E-state index in [0.29, 0.717) is 10.8 Å². The summed E-state index contributed by atoms with van der Waals surface area (Å²) in [6.07, 6.45) is 12.2. The fraction of sp³-hybridized carbons (Fsp3) is 0.196. The van der Waals surface area contributed by atoms with Gasteiger partial charge in [0.1, 0.15) is 5.15 Å². The average molecular weight is 1880 g/mol. The Kier molecular flexibility index (Phi) is 58.4. The second-order valence-electron chi connectivity index (χ2n) is 24.7. The third kappa shape index (κ3) is 39.3. The van der Waals surface area contributed by atoms with Crippen LogP contribution in [-0.4, -0.2) is 48.8 Å². The first kappa shape index (κ1) is 103. The molecule has 612 valence electrons. The van der Waals surface area contributed by atoms with Crippen molar-refractivity contribution < 1.29 is 20.4 Å². The first-order chi connectivity index (χ1) is 57.2. The summed E-state index contributed by atoms with van der Waals surface area (Å²) >= 11 is 14.1. The van der Waals surface area contributed by atoms with Crippen LogP contribution in [0.15, 0.2) is 389 Å². The summed E-state index contributed by atoms with van der Waals surface area (Å²) in [5.41, 5.74) is 0.523. The number of hydrogen-bond acceptors (Lipinski definition) is 6. The molecule has 0 saturated carbocycles. The van der Waals surface area contributed by atoms with Gasteiger partial charge in [-0.25, -0.2) is 19.9 Å². The standard InChI is InChI=1S/4C18H15P.C5H4ClN3.C4H2Cl2N2.3C4H9.4C2H6.CH2N.Pd.Sn/c4*1-4-10-16(11-5-1)19(17-12-6-2-7-13-17)18-14-8-3-9-15-18;6-5-8-2-1-4(3-7)9-5;5-3-1-2-7-4(6)8-3;3*1-3-4-2;5*1-2;;/h4*1-15H;1-3,7H;1-2H;3*1,3-4H2,2H3;4*1-2H3;1-2H;;. The minimum atomic E-state index is -2.07. The molecule has 14 rings (SSSR count). The van der Waals surface area contributed by atoms with Crippen LogP contribution in [-0.2, 0) is 20.4 Å². The van der Waals surface area contributed by atoms with E-state index in [1.807, 2.05) is 59.6 Å². The van der Waals surface area contributed by atoms with E-state index < -0.39 is 50.1 Å². The minimum absolute atomic E-state index is 0. The largest absolute Gasteiger partial charge is 0.307 e. The van der Waals surface area contributed by atoms with Crippen LogP contribution in [0, 0.1) is 10.8 Å². The van der Waals surface area contributed by atoms with Crippen LogP contribution in [0.5, 0.6) is 0 Å². The molecular weight excluding hydrogens is 1760 g/mol. The zero-order valence-electron chi connectivity index (χ0n) is 70.0. The van der Waals surface area contributed by atoms with Gasteiger partial charge in [0.05, 0.1) is 5.69 Å². The smallest absolute Gasteiger partial charge is 0.223 e. The van der Waals surface area contributed by atoms with E-state index >= 15 is 0 Å². The molecule has 0 radical (unpaired) electrons. The molecule has 6 nitrogen and oxygen atoms in total. The maximum Gasteiger partial charge on any atom is 0.223 e. The van der Waals surface area contributed by atoms with Crippen LogP contribution in [0.25, 0.3) is 0 Å². The van der Waals surface area contributed by atoms with Crippen LogP contribution in [0.2, 0.25) is 29.0 Å². The van der Waals surface area contributed by atoms with Crippen LogP contribution in [0.4, 0.5) is 0 Å². The van der Waals surface area contributed by atoms with Gasteiger partial charge in [0, 0.05) is 39.0 Å². The molecule has 0 aliphatic heterocycles. The van der Waals surface area contributed by atoms with E-state index in [1.165, 1.54) is 128 Å². The number of nitrogens with zero attached hydrogens (tertiary/aromatic N) is 4. The number of unbranched alkanes of at least 4 members (excludes halogenated alkanes) is 3. The SMILES string of the molecule is CC.CC.CC.CC.CCC[CH2][Sn]([CH]=N)([CH2]CCC)[CH2]CCC.Clc1ccnc(Cl)n1.N=Cc1ccnc(Cl)n1.[Pd].c1ccc(P(c2ccccc2)c2ccccc2)cc1.c1ccc(P(c2ccccc2)c2ccccc2)cc1.c1ccc(P(c2ccccc2)c2ccccc2)cc1.c1ccc(P(c2ccccc2)c2ccccc2)cc1. The molecule has 0 atom stereocenters. The molecule has 0 amide bonds. The Morgan fingerprint density at radius 2 is 0.436 bits per heavy atom. The number of benzene rings is 12. The van der Waals surface area contributed by atoms with Crippen molar-refractivity contribution in [1.82, 2.24) is 19.9 Å². The molecule has 15 heteroatoms. The minimum Gasteiger partial charge on any atom is -0.307 e. The van der Waals surface area contributed by atoms with Gasteiger partial charge >= 0.3 is 101 Å². The van der Waals surface area contributed by atoms with Crippen LogP contribution in [0.1, 0.15) is 120 Å². The summed E-state index contributed by atoms with van der Waals surface area (Å²) in [6, 6.07) is 132. The number of aromatic nitrogens is 4. The maximum absolute atomic E-state index is 7.81. The van der Waals surface area contributed by atoms with Crippen molar-refractivity contribution in [2.45, 2.75) is 128 Å². The van der Waals surface area contributed by atoms with Gasteiger partial charge < -0.3 is 5.41 Å². The second-order valence-corrected chi connectivity index (χ2v) is 47.6. The molecule has 0 spiro atoms. The van der Waals surface area contributed by atoms with E-state index in [2.05, 4.69) is 405 Å².